The Bertz CT molecular complexity index is 965. The highest BCUT2D eigenvalue weighted by Crippen LogP contribution is 2.25. The second-order valence-corrected chi connectivity index (χ2v) is 7.90. The standard InChI is InChI=1S/C23H25ClFN3O/c1-29-22-14-19(25)8-5-17(22)13-23-26-20(15-27-11-3-2-4-12-27)16-28(23)21-9-6-18(24)7-10-21/h5-10,14,16H,2-4,11-13,15H2,1H3. The molecule has 1 aliphatic rings. The number of rotatable bonds is 6. The number of aromatic nitrogens is 2. The van der Waals surface area contributed by atoms with Gasteiger partial charge in [0, 0.05) is 41.5 Å². The molecule has 0 aliphatic carbocycles. The molecule has 1 aliphatic heterocycles. The number of imidazole rings is 1. The number of methoxy groups -OCH3 is 1. The summed E-state index contributed by atoms with van der Waals surface area (Å²) in [4.78, 5) is 7.39. The van der Waals surface area contributed by atoms with E-state index in [0.717, 1.165) is 42.4 Å². The van der Waals surface area contributed by atoms with Crippen LogP contribution in [0.1, 0.15) is 36.3 Å². The summed E-state index contributed by atoms with van der Waals surface area (Å²) in [5.41, 5.74) is 2.94. The number of hydrogen-bond donors (Lipinski definition) is 0. The van der Waals surface area contributed by atoms with E-state index in [1.807, 2.05) is 24.3 Å². The maximum atomic E-state index is 13.6. The van der Waals surface area contributed by atoms with Crippen molar-refractivity contribution in [3.8, 4) is 11.4 Å². The molecule has 2 heterocycles. The predicted molar refractivity (Wildman–Crippen MR) is 113 cm³/mol. The van der Waals surface area contributed by atoms with E-state index in [1.54, 1.807) is 13.2 Å². The van der Waals surface area contributed by atoms with Crippen LogP contribution in [0.4, 0.5) is 4.39 Å². The van der Waals surface area contributed by atoms with Gasteiger partial charge in [-0.1, -0.05) is 24.1 Å². The number of piperidine rings is 1. The lowest BCUT2D eigenvalue weighted by atomic mass is 10.1. The molecule has 0 atom stereocenters. The fourth-order valence-corrected chi connectivity index (χ4v) is 4.01. The van der Waals surface area contributed by atoms with Crippen LogP contribution in [-0.2, 0) is 13.0 Å². The Morgan fingerprint density at radius 2 is 1.83 bits per heavy atom. The lowest BCUT2D eigenvalue weighted by Crippen LogP contribution is -2.29. The molecule has 6 heteroatoms. The van der Waals surface area contributed by atoms with Gasteiger partial charge in [-0.25, -0.2) is 9.37 Å². The van der Waals surface area contributed by atoms with E-state index in [0.29, 0.717) is 17.2 Å². The summed E-state index contributed by atoms with van der Waals surface area (Å²) in [5.74, 6) is 1.12. The molecular weight excluding hydrogens is 389 g/mol. The van der Waals surface area contributed by atoms with Gasteiger partial charge in [-0.15, -0.1) is 0 Å². The van der Waals surface area contributed by atoms with Crippen molar-refractivity contribution in [2.75, 3.05) is 20.2 Å². The van der Waals surface area contributed by atoms with Crippen molar-refractivity contribution in [3.63, 3.8) is 0 Å². The van der Waals surface area contributed by atoms with Crippen molar-refractivity contribution >= 4 is 11.6 Å². The summed E-state index contributed by atoms with van der Waals surface area (Å²) in [6, 6.07) is 12.4. The molecule has 0 saturated carbocycles. The molecule has 1 saturated heterocycles. The maximum absolute atomic E-state index is 13.6. The number of hydrogen-bond acceptors (Lipinski definition) is 3. The van der Waals surface area contributed by atoms with Crippen LogP contribution in [0.5, 0.6) is 5.75 Å². The first kappa shape index (κ1) is 19.9. The van der Waals surface area contributed by atoms with Crippen LogP contribution in [0.25, 0.3) is 5.69 Å². The number of benzene rings is 2. The Labute approximate surface area is 175 Å². The average molecular weight is 414 g/mol. The van der Waals surface area contributed by atoms with Crippen molar-refractivity contribution in [2.45, 2.75) is 32.2 Å². The topological polar surface area (TPSA) is 30.3 Å². The summed E-state index contributed by atoms with van der Waals surface area (Å²) < 4.78 is 21.1. The zero-order chi connectivity index (χ0) is 20.2. The number of halogens is 2. The highest BCUT2D eigenvalue weighted by Gasteiger charge is 2.17. The SMILES string of the molecule is COc1cc(F)ccc1Cc1nc(CN2CCCCC2)cn1-c1ccc(Cl)cc1. The Hall–Kier alpha value is -2.37. The van der Waals surface area contributed by atoms with E-state index < -0.39 is 0 Å². The maximum Gasteiger partial charge on any atom is 0.126 e. The van der Waals surface area contributed by atoms with Crippen LogP contribution >= 0.6 is 11.6 Å². The molecule has 0 N–H and O–H groups in total. The minimum Gasteiger partial charge on any atom is -0.496 e. The second kappa shape index (κ2) is 8.97. The van der Waals surface area contributed by atoms with Crippen LogP contribution in [0.2, 0.25) is 5.02 Å². The van der Waals surface area contributed by atoms with Crippen LogP contribution in [0.15, 0.2) is 48.7 Å². The number of ether oxygens (including phenoxy) is 1. The molecule has 4 rings (SSSR count). The fraction of sp³-hybridized carbons (Fsp3) is 0.348. The van der Waals surface area contributed by atoms with Gasteiger partial charge in [0.05, 0.1) is 12.8 Å². The van der Waals surface area contributed by atoms with Crippen LogP contribution in [0.3, 0.4) is 0 Å². The minimum atomic E-state index is -0.308. The van der Waals surface area contributed by atoms with Crippen LogP contribution < -0.4 is 4.74 Å². The first-order valence-corrected chi connectivity index (χ1v) is 10.4. The fourth-order valence-electron chi connectivity index (χ4n) is 3.88. The van der Waals surface area contributed by atoms with Crippen LogP contribution in [0, 0.1) is 5.82 Å². The van der Waals surface area contributed by atoms with Gasteiger partial charge in [0.1, 0.15) is 17.4 Å². The highest BCUT2D eigenvalue weighted by atomic mass is 35.5. The smallest absolute Gasteiger partial charge is 0.126 e. The Balaban J connectivity index is 1.67. The molecule has 0 spiro atoms. The first-order valence-electron chi connectivity index (χ1n) is 10.0. The first-order chi connectivity index (χ1) is 14.1. The molecular formula is C23H25ClFN3O. The summed E-state index contributed by atoms with van der Waals surface area (Å²) in [7, 11) is 1.56. The molecule has 4 nitrogen and oxygen atoms in total. The van der Waals surface area contributed by atoms with E-state index in [-0.39, 0.29) is 5.82 Å². The number of likely N-dealkylation sites (tertiary alicyclic amines) is 1. The largest absolute Gasteiger partial charge is 0.496 e. The van der Waals surface area contributed by atoms with Crippen molar-refractivity contribution in [1.82, 2.24) is 14.5 Å². The molecule has 152 valence electrons. The van der Waals surface area contributed by atoms with Crippen molar-refractivity contribution in [2.24, 2.45) is 0 Å². The van der Waals surface area contributed by atoms with Gasteiger partial charge in [-0.05, 0) is 56.3 Å². The third-order valence-corrected chi connectivity index (χ3v) is 5.62. The van der Waals surface area contributed by atoms with Gasteiger partial charge in [-0.2, -0.15) is 0 Å². The van der Waals surface area contributed by atoms with E-state index in [9.17, 15) is 4.39 Å². The van der Waals surface area contributed by atoms with Gasteiger partial charge in [0.15, 0.2) is 0 Å². The highest BCUT2D eigenvalue weighted by molar-refractivity contribution is 6.30. The molecule has 0 amide bonds. The van der Waals surface area contributed by atoms with Gasteiger partial charge in [0.2, 0.25) is 0 Å². The van der Waals surface area contributed by atoms with Crippen molar-refractivity contribution in [3.05, 3.63) is 76.6 Å². The minimum absolute atomic E-state index is 0.308. The number of nitrogens with zero attached hydrogens (tertiary/aromatic N) is 3. The monoisotopic (exact) mass is 413 g/mol. The van der Waals surface area contributed by atoms with E-state index in [1.165, 1.54) is 31.4 Å². The molecule has 1 fully saturated rings. The van der Waals surface area contributed by atoms with Gasteiger partial charge < -0.3 is 9.30 Å². The normalized spacial score (nSPS) is 14.9. The molecule has 0 unspecified atom stereocenters. The Morgan fingerprint density at radius 1 is 1.07 bits per heavy atom. The Morgan fingerprint density at radius 3 is 2.55 bits per heavy atom. The average Bonchev–Trinajstić information content (AvgIpc) is 3.12. The van der Waals surface area contributed by atoms with E-state index in [2.05, 4.69) is 15.7 Å². The second-order valence-electron chi connectivity index (χ2n) is 7.46. The molecule has 0 radical (unpaired) electrons. The summed E-state index contributed by atoms with van der Waals surface area (Å²) in [6.45, 7) is 3.08. The zero-order valence-corrected chi connectivity index (χ0v) is 17.3. The van der Waals surface area contributed by atoms with Crippen molar-refractivity contribution in [1.29, 1.82) is 0 Å². The van der Waals surface area contributed by atoms with Gasteiger partial charge in [0.25, 0.3) is 0 Å². The molecule has 1 aromatic heterocycles. The molecule has 0 bridgehead atoms. The third kappa shape index (κ3) is 4.80. The lowest BCUT2D eigenvalue weighted by molar-refractivity contribution is 0.218. The summed E-state index contributed by atoms with van der Waals surface area (Å²) in [5, 5.41) is 0.698. The quantitative estimate of drug-likeness (QED) is 0.552. The Kier molecular flexibility index (Phi) is 6.16. The van der Waals surface area contributed by atoms with E-state index in [4.69, 9.17) is 21.3 Å². The molecule has 3 aromatic rings. The lowest BCUT2D eigenvalue weighted by Gasteiger charge is -2.25. The van der Waals surface area contributed by atoms with Gasteiger partial charge in [-0.3, -0.25) is 4.90 Å². The third-order valence-electron chi connectivity index (χ3n) is 5.37. The summed E-state index contributed by atoms with van der Waals surface area (Å²) in [6.07, 6.45) is 6.45. The predicted octanol–water partition coefficient (Wildman–Crippen LogP) is 5.25. The summed E-state index contributed by atoms with van der Waals surface area (Å²) >= 11 is 6.07. The van der Waals surface area contributed by atoms with Crippen molar-refractivity contribution < 1.29 is 9.13 Å². The van der Waals surface area contributed by atoms with Gasteiger partial charge >= 0.3 is 0 Å². The van der Waals surface area contributed by atoms with E-state index >= 15 is 0 Å². The molecule has 29 heavy (non-hydrogen) atoms. The zero-order valence-electron chi connectivity index (χ0n) is 16.6. The molecule has 2 aromatic carbocycles. The van der Waals surface area contributed by atoms with Crippen LogP contribution in [-0.4, -0.2) is 34.7 Å².